The van der Waals surface area contributed by atoms with Crippen LogP contribution in [0.5, 0.6) is 0 Å². The molecule has 0 amide bonds. The molecular weight excluding hydrogens is 462 g/mol. The second-order valence-electron chi connectivity index (χ2n) is 10.5. The third kappa shape index (κ3) is 3.25. The van der Waals surface area contributed by atoms with E-state index in [1.54, 1.807) is 11.3 Å². The van der Waals surface area contributed by atoms with Gasteiger partial charge in [-0.25, -0.2) is 9.97 Å². The van der Waals surface area contributed by atoms with Gasteiger partial charge < -0.3 is 20.8 Å². The van der Waals surface area contributed by atoms with Gasteiger partial charge in [0.05, 0.1) is 39.7 Å². The highest BCUT2D eigenvalue weighted by Gasteiger charge is 2.74. The van der Waals surface area contributed by atoms with E-state index in [1.165, 1.54) is 6.42 Å². The smallest absolute Gasteiger partial charge is 0.225 e. The molecule has 0 bridgehead atoms. The van der Waals surface area contributed by atoms with E-state index in [9.17, 15) is 15.5 Å². The van der Waals surface area contributed by atoms with Gasteiger partial charge in [-0.15, -0.1) is 11.3 Å². The fraction of sp³-hybridized carbons (Fsp3) is 0.560. The van der Waals surface area contributed by atoms with Crippen molar-refractivity contribution >= 4 is 33.3 Å². The van der Waals surface area contributed by atoms with Gasteiger partial charge in [-0.05, 0) is 51.5 Å². The number of anilines is 2. The van der Waals surface area contributed by atoms with E-state index < -0.39 is 23.7 Å². The first-order valence-corrected chi connectivity index (χ1v) is 13.3. The summed E-state index contributed by atoms with van der Waals surface area (Å²) in [6, 6.07) is 4.11. The van der Waals surface area contributed by atoms with Gasteiger partial charge in [0.2, 0.25) is 5.95 Å². The summed E-state index contributed by atoms with van der Waals surface area (Å²) in [4.78, 5) is 19.2. The van der Waals surface area contributed by atoms with Crippen molar-refractivity contribution in [1.82, 2.24) is 19.9 Å². The maximum atomic E-state index is 10.9. The van der Waals surface area contributed by atoms with Crippen molar-refractivity contribution in [3.63, 3.8) is 0 Å². The third-order valence-electron chi connectivity index (χ3n) is 8.25. The molecule has 7 rings (SSSR count). The lowest BCUT2D eigenvalue weighted by atomic mass is 9.93. The molecule has 0 spiro atoms. The van der Waals surface area contributed by atoms with Crippen molar-refractivity contribution in [3.05, 3.63) is 23.7 Å². The second-order valence-corrected chi connectivity index (χ2v) is 11.5. The molecule has 10 heteroatoms. The minimum Gasteiger partial charge on any atom is -0.388 e. The fourth-order valence-corrected chi connectivity index (χ4v) is 6.86. The summed E-state index contributed by atoms with van der Waals surface area (Å²) in [7, 11) is 0. The van der Waals surface area contributed by atoms with Crippen LogP contribution in [0.15, 0.2) is 12.3 Å². The average Bonchev–Trinajstić information content (AvgIpc) is 3.67. The number of nitrogens with zero attached hydrogens (tertiary/aromatic N) is 5. The first kappa shape index (κ1) is 21.4. The lowest BCUT2D eigenvalue weighted by Crippen LogP contribution is -2.41. The summed E-state index contributed by atoms with van der Waals surface area (Å²) in [5, 5.41) is 38.7. The zero-order valence-electron chi connectivity index (χ0n) is 19.4. The highest BCUT2D eigenvalue weighted by Crippen LogP contribution is 2.61. The van der Waals surface area contributed by atoms with Crippen LogP contribution in [0.4, 0.5) is 11.8 Å². The molecule has 5 atom stereocenters. The van der Waals surface area contributed by atoms with E-state index in [-0.39, 0.29) is 5.92 Å². The van der Waals surface area contributed by atoms with Gasteiger partial charge in [0.15, 0.2) is 0 Å². The van der Waals surface area contributed by atoms with E-state index in [4.69, 9.17) is 15.0 Å². The van der Waals surface area contributed by atoms with Crippen LogP contribution in [-0.2, 0) is 0 Å². The van der Waals surface area contributed by atoms with Crippen molar-refractivity contribution in [3.8, 4) is 16.6 Å². The van der Waals surface area contributed by atoms with Crippen molar-refractivity contribution < 1.29 is 10.2 Å². The lowest BCUT2D eigenvalue weighted by molar-refractivity contribution is -0.00233. The van der Waals surface area contributed by atoms with Crippen molar-refractivity contribution in [2.45, 2.75) is 75.2 Å². The maximum Gasteiger partial charge on any atom is 0.225 e. The maximum absolute atomic E-state index is 10.9. The monoisotopic (exact) mass is 489 g/mol. The molecule has 4 saturated carbocycles. The van der Waals surface area contributed by atoms with Crippen LogP contribution in [0.1, 0.15) is 55.8 Å². The Morgan fingerprint density at radius 2 is 2.00 bits per heavy atom. The largest absolute Gasteiger partial charge is 0.388 e. The van der Waals surface area contributed by atoms with Crippen LogP contribution in [-0.4, -0.2) is 53.9 Å². The van der Waals surface area contributed by atoms with Crippen LogP contribution >= 0.6 is 11.3 Å². The minimum absolute atomic E-state index is 0.214. The zero-order chi connectivity index (χ0) is 23.9. The van der Waals surface area contributed by atoms with Gasteiger partial charge in [0.25, 0.3) is 0 Å². The number of rotatable bonds is 6. The standard InChI is InChI=1S/C25H27N7O2S/c1-11-18(23-31-20-17(35-23)7-8-27-19(20)12-5-6-12)22(32-24(28-11)29-13-3-2-4-13)30-16-9-14-15(10-26)25(14,34)21(16)33/h7-8,12-16,21,33-34H,2-6,9H2,1H3,(H2,28,29,30,32)/t14-,15?,16-,21+,25+/m1/s1. The molecule has 4 aliphatic rings. The Morgan fingerprint density at radius 3 is 2.66 bits per heavy atom. The first-order valence-electron chi connectivity index (χ1n) is 12.4. The van der Waals surface area contributed by atoms with Crippen molar-refractivity contribution in [2.24, 2.45) is 11.8 Å². The Bertz CT molecular complexity index is 1380. The van der Waals surface area contributed by atoms with Crippen LogP contribution in [0.2, 0.25) is 0 Å². The molecule has 4 fully saturated rings. The molecule has 9 nitrogen and oxygen atoms in total. The van der Waals surface area contributed by atoms with E-state index in [2.05, 4.69) is 21.7 Å². The Labute approximate surface area is 206 Å². The Morgan fingerprint density at radius 1 is 1.17 bits per heavy atom. The van der Waals surface area contributed by atoms with Gasteiger partial charge >= 0.3 is 0 Å². The molecule has 4 aliphatic carbocycles. The lowest BCUT2D eigenvalue weighted by Gasteiger charge is -2.28. The number of pyridine rings is 1. The summed E-state index contributed by atoms with van der Waals surface area (Å²) in [5.41, 5.74) is 2.30. The second kappa shape index (κ2) is 7.56. The molecule has 180 valence electrons. The fourth-order valence-electron chi connectivity index (χ4n) is 5.80. The summed E-state index contributed by atoms with van der Waals surface area (Å²) in [5.74, 6) is 0.934. The normalized spacial score (nSPS) is 31.6. The van der Waals surface area contributed by atoms with Gasteiger partial charge in [-0.2, -0.15) is 10.2 Å². The highest BCUT2D eigenvalue weighted by molar-refractivity contribution is 7.21. The van der Waals surface area contributed by atoms with Gasteiger partial charge in [0.1, 0.15) is 28.0 Å². The SMILES string of the molecule is Cc1nc(NC2CCC2)nc(N[C@@H]2C[C@@H]3C(C#N)[C@]3(O)[C@H]2O)c1-c1nc2c(C3CC3)nccc2s1. The van der Waals surface area contributed by atoms with E-state index in [0.717, 1.165) is 57.9 Å². The number of nitrogens with one attached hydrogen (secondary N) is 2. The molecule has 3 heterocycles. The summed E-state index contributed by atoms with van der Waals surface area (Å²) < 4.78 is 1.09. The van der Waals surface area contributed by atoms with E-state index >= 15 is 0 Å². The first-order chi connectivity index (χ1) is 17.0. The molecule has 35 heavy (non-hydrogen) atoms. The molecule has 0 aromatic carbocycles. The number of hydrogen-bond acceptors (Lipinski definition) is 10. The molecule has 4 N–H and O–H groups in total. The third-order valence-corrected chi connectivity index (χ3v) is 9.29. The Kier molecular flexibility index (Phi) is 4.63. The molecule has 0 saturated heterocycles. The molecular formula is C25H27N7O2S. The number of aliphatic hydroxyl groups is 2. The van der Waals surface area contributed by atoms with Gasteiger partial charge in [-0.1, -0.05) is 0 Å². The predicted octanol–water partition coefficient (Wildman–Crippen LogP) is 3.34. The molecule has 0 aliphatic heterocycles. The summed E-state index contributed by atoms with van der Waals surface area (Å²) >= 11 is 1.60. The average molecular weight is 490 g/mol. The van der Waals surface area contributed by atoms with Crippen LogP contribution in [0.25, 0.3) is 20.8 Å². The number of aryl methyl sites for hydroxylation is 1. The van der Waals surface area contributed by atoms with Crippen LogP contribution in [0.3, 0.4) is 0 Å². The van der Waals surface area contributed by atoms with E-state index in [0.29, 0.717) is 30.1 Å². The zero-order valence-corrected chi connectivity index (χ0v) is 20.2. The van der Waals surface area contributed by atoms with Gasteiger partial charge in [-0.3, -0.25) is 4.98 Å². The minimum atomic E-state index is -1.33. The Hall–Kier alpha value is -2.87. The number of fused-ring (bicyclic) bond motifs is 2. The predicted molar refractivity (Wildman–Crippen MR) is 132 cm³/mol. The van der Waals surface area contributed by atoms with Crippen molar-refractivity contribution in [2.75, 3.05) is 10.6 Å². The molecule has 3 aromatic heterocycles. The Balaban J connectivity index is 1.28. The van der Waals surface area contributed by atoms with Crippen molar-refractivity contribution in [1.29, 1.82) is 5.26 Å². The topological polar surface area (TPSA) is 140 Å². The number of thiazole rings is 1. The summed E-state index contributed by atoms with van der Waals surface area (Å²) in [6.45, 7) is 1.96. The molecule has 1 unspecified atom stereocenters. The number of aliphatic hydroxyl groups excluding tert-OH is 1. The number of aromatic nitrogens is 4. The van der Waals surface area contributed by atoms with Crippen LogP contribution in [0, 0.1) is 30.1 Å². The number of nitriles is 1. The highest BCUT2D eigenvalue weighted by atomic mass is 32.1. The van der Waals surface area contributed by atoms with E-state index in [1.807, 2.05) is 19.2 Å². The van der Waals surface area contributed by atoms with Crippen LogP contribution < -0.4 is 10.6 Å². The quantitative estimate of drug-likeness (QED) is 0.410. The number of hydrogen-bond donors (Lipinski definition) is 4. The molecule has 3 aromatic rings. The van der Waals surface area contributed by atoms with Gasteiger partial charge in [0, 0.05) is 24.1 Å². The molecule has 0 radical (unpaired) electrons. The summed E-state index contributed by atoms with van der Waals surface area (Å²) in [6.07, 6.45) is 7.06.